The van der Waals surface area contributed by atoms with Gasteiger partial charge in [0.1, 0.15) is 0 Å². The molecule has 0 aromatic rings. The summed E-state index contributed by atoms with van der Waals surface area (Å²) >= 11 is 2.38. The van der Waals surface area contributed by atoms with Crippen LogP contribution in [0.2, 0.25) is 0 Å². The molecule has 0 amide bonds. The van der Waals surface area contributed by atoms with Crippen molar-refractivity contribution in [2.24, 2.45) is 0 Å². The van der Waals surface area contributed by atoms with Gasteiger partial charge in [-0.05, 0) is 0 Å². The number of hydrogen-bond donors (Lipinski definition) is 0. The van der Waals surface area contributed by atoms with Crippen molar-refractivity contribution in [2.75, 3.05) is 0 Å². The standard InChI is InChI=1S/CH3.FH.Ni.2H3P/h1H3;1H;;2*1H3/q-1;;+1;;/p-1. The maximum absolute atomic E-state index is 9.12. The van der Waals surface area contributed by atoms with E-state index in [1.165, 1.54) is 0 Å². The van der Waals surface area contributed by atoms with Crippen LogP contribution in [0.15, 0.2) is 0 Å². The van der Waals surface area contributed by atoms with Gasteiger partial charge in [-0.15, -0.1) is 0 Å². The summed E-state index contributed by atoms with van der Waals surface area (Å²) in [6.07, 6.45) is 0. The Morgan fingerprint density at radius 2 is 1.00 bits per heavy atom. The van der Waals surface area contributed by atoms with Crippen LogP contribution < -0.4 is 0 Å². The Kier molecular flexibility index (Phi) is 396. The van der Waals surface area contributed by atoms with E-state index >= 15 is 0 Å². The number of halogens is 1. The third-order valence-electron chi connectivity index (χ3n) is 0. The van der Waals surface area contributed by atoms with Crippen LogP contribution in [0.4, 0.5) is 3.61 Å². The minimum absolute atomic E-state index is 0. The molecule has 0 aliphatic rings. The summed E-state index contributed by atoms with van der Waals surface area (Å²) in [4.78, 5) is 0. The second-order valence-electron chi connectivity index (χ2n) is 0. The van der Waals surface area contributed by atoms with Gasteiger partial charge in [-0.3, -0.25) is 0 Å². The van der Waals surface area contributed by atoms with Crippen LogP contribution in [0.5, 0.6) is 0 Å². The van der Waals surface area contributed by atoms with E-state index in [1.807, 2.05) is 0 Å². The molecule has 0 heterocycles. The zero-order valence-electron chi connectivity index (χ0n) is 3.11. The molecule has 0 radical (unpaired) electrons. The summed E-state index contributed by atoms with van der Waals surface area (Å²) < 4.78 is 9.12. The fourth-order valence-electron chi connectivity index (χ4n) is 0. The third kappa shape index (κ3) is 34.6. The quantitative estimate of drug-likeness (QED) is 0.282. The molecule has 0 bridgehead atoms. The molecule has 0 spiro atoms. The molecule has 0 rings (SSSR count). The predicted octanol–water partition coefficient (Wildman–Crippen LogP) is 0.984. The summed E-state index contributed by atoms with van der Waals surface area (Å²) in [6, 6.07) is 0. The summed E-state index contributed by atoms with van der Waals surface area (Å²) in [5.41, 5.74) is 0. The van der Waals surface area contributed by atoms with Crippen molar-refractivity contribution in [3.05, 3.63) is 7.43 Å². The molecular formula is CH9FNiP2-. The molecule has 0 saturated heterocycles. The van der Waals surface area contributed by atoms with E-state index < -0.39 is 0 Å². The molecule has 0 fully saturated rings. The van der Waals surface area contributed by atoms with E-state index in [1.54, 1.807) is 0 Å². The van der Waals surface area contributed by atoms with Gasteiger partial charge in [-0.2, -0.15) is 19.8 Å². The van der Waals surface area contributed by atoms with Crippen LogP contribution in [0.25, 0.3) is 0 Å². The molecule has 0 aromatic carbocycles. The van der Waals surface area contributed by atoms with E-state index in [2.05, 4.69) is 15.9 Å². The molecule has 0 saturated carbocycles. The van der Waals surface area contributed by atoms with Crippen molar-refractivity contribution in [3.8, 4) is 0 Å². The molecule has 0 nitrogen and oxygen atoms in total. The number of rotatable bonds is 0. The van der Waals surface area contributed by atoms with Gasteiger partial charge < -0.3 is 7.43 Å². The van der Waals surface area contributed by atoms with Gasteiger partial charge in [0.25, 0.3) is 0 Å². The second kappa shape index (κ2) is 58.8. The van der Waals surface area contributed by atoms with Crippen LogP contribution in [-0.4, -0.2) is 0 Å². The molecule has 0 aliphatic heterocycles. The Morgan fingerprint density at radius 1 is 1.00 bits per heavy atom. The SMILES string of the molecule is P.P.[CH3-].[F][Ni]. The Bertz CT molecular complexity index is 9.61. The van der Waals surface area contributed by atoms with E-state index in [0.717, 1.165) is 0 Å². The molecule has 2 unspecified atom stereocenters. The topological polar surface area (TPSA) is 0 Å². The van der Waals surface area contributed by atoms with Crippen molar-refractivity contribution in [2.45, 2.75) is 0 Å². The first kappa shape index (κ1) is 33.6. The normalized spacial score (nSPS) is 1.40. The Balaban J connectivity index is -0.00000000167. The van der Waals surface area contributed by atoms with Gasteiger partial charge in [0.15, 0.2) is 0 Å². The van der Waals surface area contributed by atoms with E-state index in [4.69, 9.17) is 3.61 Å². The first-order valence-electron chi connectivity index (χ1n) is 0.120. The molecule has 2 atom stereocenters. The average molecular weight is 161 g/mol. The van der Waals surface area contributed by atoms with Crippen LogP contribution >= 0.6 is 19.8 Å². The van der Waals surface area contributed by atoms with E-state index in [-0.39, 0.29) is 27.2 Å². The molecule has 5 heavy (non-hydrogen) atoms. The fraction of sp³-hybridized carbons (Fsp3) is 0. The molecule has 41 valence electrons. The van der Waals surface area contributed by atoms with Gasteiger partial charge in [-0.25, -0.2) is 0 Å². The van der Waals surface area contributed by atoms with Crippen LogP contribution in [0, 0.1) is 7.43 Å². The zero-order chi connectivity index (χ0) is 2.00. The number of hydrogen-bond acceptors (Lipinski definition) is 0. The Labute approximate surface area is 47.3 Å². The first-order valence-corrected chi connectivity index (χ1v) is 0.493. The Hall–Kier alpha value is 1.28. The molecule has 4 heteroatoms. The third-order valence-corrected chi connectivity index (χ3v) is 0. The molecule has 0 aromatic heterocycles. The Morgan fingerprint density at radius 3 is 1.00 bits per heavy atom. The van der Waals surface area contributed by atoms with Crippen molar-refractivity contribution in [3.63, 3.8) is 0 Å². The average Bonchev–Trinajstić information content (AvgIpc) is 1.00. The zero-order valence-corrected chi connectivity index (χ0v) is 6.92. The molecule has 0 aliphatic carbocycles. The second-order valence-corrected chi connectivity index (χ2v) is 0. The first-order chi connectivity index (χ1) is 1.00. The summed E-state index contributed by atoms with van der Waals surface area (Å²) in [7, 11) is 0. The van der Waals surface area contributed by atoms with Gasteiger partial charge in [0.2, 0.25) is 0 Å². The van der Waals surface area contributed by atoms with Crippen LogP contribution in [0.3, 0.4) is 0 Å². The monoisotopic (exact) mass is 160 g/mol. The molecular weight excluding hydrogens is 152 g/mol. The van der Waals surface area contributed by atoms with Gasteiger partial charge in [0, 0.05) is 0 Å². The van der Waals surface area contributed by atoms with Gasteiger partial charge in [0.05, 0.1) is 0 Å². The van der Waals surface area contributed by atoms with Crippen molar-refractivity contribution in [1.82, 2.24) is 0 Å². The van der Waals surface area contributed by atoms with Crippen LogP contribution in [-0.2, 0) is 15.9 Å². The fourth-order valence-corrected chi connectivity index (χ4v) is 0. The summed E-state index contributed by atoms with van der Waals surface area (Å²) in [6.45, 7) is 0. The maximum atomic E-state index is 9.12. The van der Waals surface area contributed by atoms with E-state index in [9.17, 15) is 0 Å². The van der Waals surface area contributed by atoms with Gasteiger partial charge >= 0.3 is 19.5 Å². The van der Waals surface area contributed by atoms with Crippen molar-refractivity contribution in [1.29, 1.82) is 0 Å². The minimum atomic E-state index is 0. The summed E-state index contributed by atoms with van der Waals surface area (Å²) in [5.74, 6) is 0. The molecule has 0 N–H and O–H groups in total. The van der Waals surface area contributed by atoms with Crippen molar-refractivity contribution >= 4 is 19.8 Å². The predicted molar refractivity (Wildman–Crippen MR) is 29.7 cm³/mol. The van der Waals surface area contributed by atoms with Crippen LogP contribution in [0.1, 0.15) is 0 Å². The van der Waals surface area contributed by atoms with Gasteiger partial charge in [-0.1, -0.05) is 0 Å². The summed E-state index contributed by atoms with van der Waals surface area (Å²) in [5, 5.41) is 0. The van der Waals surface area contributed by atoms with E-state index in [0.29, 0.717) is 0 Å². The van der Waals surface area contributed by atoms with Crippen molar-refractivity contribution < 1.29 is 19.5 Å².